The molecule has 0 unspecified atom stereocenters. The molecule has 0 saturated heterocycles. The van der Waals surface area contributed by atoms with Crippen LogP contribution in [0.1, 0.15) is 12.1 Å². The average molecular weight is 419 g/mol. The highest BCUT2D eigenvalue weighted by molar-refractivity contribution is 14.1. The molecule has 0 spiro atoms. The molecule has 0 atom stereocenters. The van der Waals surface area contributed by atoms with Gasteiger partial charge in [-0.05, 0) is 41.6 Å². The van der Waals surface area contributed by atoms with E-state index in [0.29, 0.717) is 50.4 Å². The van der Waals surface area contributed by atoms with Gasteiger partial charge >= 0.3 is 0 Å². The summed E-state index contributed by atoms with van der Waals surface area (Å²) in [5.41, 5.74) is 1.21. The van der Waals surface area contributed by atoms with Crippen LogP contribution in [0.2, 0.25) is 5.02 Å². The number of nitrogens with one attached hydrogen (secondary N) is 1. The number of aromatic nitrogens is 2. The Morgan fingerprint density at radius 2 is 2.10 bits per heavy atom. The molecular weight excluding hydrogens is 407 g/mol. The Bertz CT molecular complexity index is 761. The first-order valence-corrected chi connectivity index (χ1v) is 7.88. The molecule has 1 N–H and O–H groups in total. The van der Waals surface area contributed by atoms with Gasteiger partial charge in [-0.15, -0.1) is 0 Å². The predicted octanol–water partition coefficient (Wildman–Crippen LogP) is 3.16. The normalized spacial score (nSPS) is 13.9. The van der Waals surface area contributed by atoms with E-state index in [9.17, 15) is 4.79 Å². The minimum atomic E-state index is -0.165. The van der Waals surface area contributed by atoms with Gasteiger partial charge in [0, 0.05) is 12.0 Å². The van der Waals surface area contributed by atoms with E-state index < -0.39 is 0 Å². The number of benzene rings is 1. The van der Waals surface area contributed by atoms with Crippen molar-refractivity contribution in [2.24, 2.45) is 0 Å². The number of H-pyrrole nitrogens is 1. The van der Waals surface area contributed by atoms with Gasteiger partial charge in [0.05, 0.1) is 27.5 Å². The first-order valence-electron chi connectivity index (χ1n) is 6.42. The minimum Gasteiger partial charge on any atom is -0.489 e. The van der Waals surface area contributed by atoms with Crippen molar-refractivity contribution in [2.45, 2.75) is 13.3 Å². The maximum absolute atomic E-state index is 11.9. The Morgan fingerprint density at radius 1 is 1.33 bits per heavy atom. The van der Waals surface area contributed by atoms with Crippen LogP contribution in [0.3, 0.4) is 0 Å². The third-order valence-electron chi connectivity index (χ3n) is 3.10. The van der Waals surface area contributed by atoms with Crippen molar-refractivity contribution in [3.05, 3.63) is 36.8 Å². The fourth-order valence-electron chi connectivity index (χ4n) is 2.08. The van der Waals surface area contributed by atoms with Crippen molar-refractivity contribution in [3.8, 4) is 22.9 Å². The van der Waals surface area contributed by atoms with Gasteiger partial charge in [0.1, 0.15) is 5.82 Å². The zero-order chi connectivity index (χ0) is 15.0. The van der Waals surface area contributed by atoms with Gasteiger partial charge in [-0.3, -0.25) is 4.79 Å². The molecule has 2 aromatic rings. The average Bonchev–Trinajstić information content (AvgIpc) is 2.69. The lowest BCUT2D eigenvalue weighted by atomic mass is 10.2. The number of rotatable bonds is 1. The molecule has 5 nitrogen and oxygen atoms in total. The molecule has 3 rings (SSSR count). The monoisotopic (exact) mass is 418 g/mol. The van der Waals surface area contributed by atoms with E-state index in [2.05, 4.69) is 9.97 Å². The first kappa shape index (κ1) is 14.6. The van der Waals surface area contributed by atoms with Crippen LogP contribution in [0, 0.1) is 10.5 Å². The van der Waals surface area contributed by atoms with Crippen molar-refractivity contribution < 1.29 is 9.47 Å². The topological polar surface area (TPSA) is 64.2 Å². The molecule has 0 amide bonds. The lowest BCUT2D eigenvalue weighted by molar-refractivity contribution is 0.297. The van der Waals surface area contributed by atoms with Crippen LogP contribution in [-0.2, 0) is 0 Å². The number of halogens is 2. The molecule has 2 heterocycles. The van der Waals surface area contributed by atoms with E-state index >= 15 is 0 Å². The summed E-state index contributed by atoms with van der Waals surface area (Å²) in [5.74, 6) is 1.59. The molecular formula is C14H12ClIN2O3. The standard InChI is InChI=1S/C14H12ClIN2O3/c1-7-11(16)14(19)18-13(17-7)8-5-9(15)12-10(6-8)20-3-2-4-21-12/h5-6H,2-4H2,1H3,(H,17,18,19). The quantitative estimate of drug-likeness (QED) is 0.723. The van der Waals surface area contributed by atoms with Crippen LogP contribution in [0.4, 0.5) is 0 Å². The lowest BCUT2D eigenvalue weighted by Gasteiger charge is -2.11. The fourth-order valence-corrected chi connectivity index (χ4v) is 2.60. The van der Waals surface area contributed by atoms with Gasteiger partial charge < -0.3 is 14.5 Å². The Hall–Kier alpha value is -1.28. The van der Waals surface area contributed by atoms with E-state index in [-0.39, 0.29) is 5.56 Å². The molecule has 1 aliphatic rings. The van der Waals surface area contributed by atoms with Crippen LogP contribution in [-0.4, -0.2) is 23.2 Å². The highest BCUT2D eigenvalue weighted by atomic mass is 127. The van der Waals surface area contributed by atoms with E-state index in [1.54, 1.807) is 19.1 Å². The van der Waals surface area contributed by atoms with Crippen molar-refractivity contribution in [1.29, 1.82) is 0 Å². The number of ether oxygens (including phenoxy) is 2. The van der Waals surface area contributed by atoms with E-state index in [1.807, 2.05) is 22.6 Å². The third kappa shape index (κ3) is 2.87. The zero-order valence-corrected chi connectivity index (χ0v) is 14.1. The van der Waals surface area contributed by atoms with Crippen LogP contribution in [0.5, 0.6) is 11.5 Å². The molecule has 1 aromatic heterocycles. The number of fused-ring (bicyclic) bond motifs is 1. The summed E-state index contributed by atoms with van der Waals surface area (Å²) >= 11 is 8.23. The summed E-state index contributed by atoms with van der Waals surface area (Å²) in [6.07, 6.45) is 0.804. The van der Waals surface area contributed by atoms with Crippen molar-refractivity contribution >= 4 is 34.2 Å². The van der Waals surface area contributed by atoms with E-state index in [0.717, 1.165) is 6.42 Å². The van der Waals surface area contributed by atoms with Crippen molar-refractivity contribution in [2.75, 3.05) is 13.2 Å². The minimum absolute atomic E-state index is 0.165. The number of aromatic amines is 1. The number of aryl methyl sites for hydroxylation is 1. The van der Waals surface area contributed by atoms with Gasteiger partial charge in [0.2, 0.25) is 0 Å². The molecule has 110 valence electrons. The molecule has 21 heavy (non-hydrogen) atoms. The second kappa shape index (κ2) is 5.84. The van der Waals surface area contributed by atoms with Crippen molar-refractivity contribution in [3.63, 3.8) is 0 Å². The van der Waals surface area contributed by atoms with Gasteiger partial charge in [0.25, 0.3) is 5.56 Å². The maximum atomic E-state index is 11.9. The highest BCUT2D eigenvalue weighted by Crippen LogP contribution is 2.40. The molecule has 0 aliphatic carbocycles. The Balaban J connectivity index is 2.14. The smallest absolute Gasteiger partial charge is 0.264 e. The lowest BCUT2D eigenvalue weighted by Crippen LogP contribution is -2.14. The number of hydrogen-bond acceptors (Lipinski definition) is 4. The second-order valence-corrected chi connectivity index (χ2v) is 6.14. The first-order chi connectivity index (χ1) is 10.1. The predicted molar refractivity (Wildman–Crippen MR) is 88.4 cm³/mol. The molecule has 0 radical (unpaired) electrons. The molecule has 0 fully saturated rings. The van der Waals surface area contributed by atoms with Gasteiger partial charge in [0.15, 0.2) is 11.5 Å². The summed E-state index contributed by atoms with van der Waals surface area (Å²) < 4.78 is 11.8. The van der Waals surface area contributed by atoms with Crippen LogP contribution in [0.15, 0.2) is 16.9 Å². The van der Waals surface area contributed by atoms with Crippen molar-refractivity contribution in [1.82, 2.24) is 9.97 Å². The molecule has 7 heteroatoms. The van der Waals surface area contributed by atoms with Gasteiger partial charge in [-0.1, -0.05) is 11.6 Å². The summed E-state index contributed by atoms with van der Waals surface area (Å²) in [4.78, 5) is 19.0. The third-order valence-corrected chi connectivity index (χ3v) is 4.66. The van der Waals surface area contributed by atoms with Gasteiger partial charge in [-0.2, -0.15) is 0 Å². The number of hydrogen-bond donors (Lipinski definition) is 1. The summed E-state index contributed by atoms with van der Waals surface area (Å²) in [6.45, 7) is 2.94. The van der Waals surface area contributed by atoms with Crippen LogP contribution >= 0.6 is 34.2 Å². The highest BCUT2D eigenvalue weighted by Gasteiger charge is 2.17. The van der Waals surface area contributed by atoms with Gasteiger partial charge in [-0.25, -0.2) is 4.98 Å². The van der Waals surface area contributed by atoms with E-state index in [1.165, 1.54) is 0 Å². The second-order valence-electron chi connectivity index (χ2n) is 4.65. The van der Waals surface area contributed by atoms with Crippen LogP contribution < -0.4 is 15.0 Å². The molecule has 0 saturated carbocycles. The summed E-state index contributed by atoms with van der Waals surface area (Å²) in [7, 11) is 0. The Morgan fingerprint density at radius 3 is 2.86 bits per heavy atom. The zero-order valence-electron chi connectivity index (χ0n) is 11.2. The Labute approximate surface area is 139 Å². The molecule has 1 aliphatic heterocycles. The molecule has 1 aromatic carbocycles. The van der Waals surface area contributed by atoms with E-state index in [4.69, 9.17) is 21.1 Å². The summed E-state index contributed by atoms with van der Waals surface area (Å²) in [5, 5.41) is 0.447. The maximum Gasteiger partial charge on any atom is 0.264 e. The Kier molecular flexibility index (Phi) is 4.08. The number of nitrogens with zero attached hydrogens (tertiary/aromatic N) is 1. The molecule has 0 bridgehead atoms. The largest absolute Gasteiger partial charge is 0.489 e. The SMILES string of the molecule is Cc1nc(-c2cc(Cl)c3c(c2)OCCCO3)[nH]c(=O)c1I. The summed E-state index contributed by atoms with van der Waals surface area (Å²) in [6, 6.07) is 3.51. The van der Waals surface area contributed by atoms with Crippen LogP contribution in [0.25, 0.3) is 11.4 Å². The fraction of sp³-hybridized carbons (Fsp3) is 0.286.